The molecule has 0 amide bonds. The van der Waals surface area contributed by atoms with E-state index in [4.69, 9.17) is 18.0 Å². The number of anilines is 1. The Labute approximate surface area is 88.7 Å². The van der Waals surface area contributed by atoms with E-state index in [0.717, 1.165) is 11.4 Å². The highest BCUT2D eigenvalue weighted by molar-refractivity contribution is 7.80. The molecule has 14 heavy (non-hydrogen) atoms. The highest BCUT2D eigenvalue weighted by Gasteiger charge is 2.16. The molecule has 0 unspecified atom stereocenters. The first kappa shape index (κ1) is 9.40. The van der Waals surface area contributed by atoms with Gasteiger partial charge in [0.2, 0.25) is 0 Å². The van der Waals surface area contributed by atoms with Crippen LogP contribution in [0.1, 0.15) is 24.8 Å². The molecule has 0 radical (unpaired) electrons. The SMILES string of the molecule is NC(=S)c1ccc(NC2CCC2)nc1. The van der Waals surface area contributed by atoms with Crippen molar-refractivity contribution in [2.75, 3.05) is 5.32 Å². The summed E-state index contributed by atoms with van der Waals surface area (Å²) in [5.74, 6) is 0.912. The molecule has 1 aromatic rings. The molecule has 0 aliphatic heterocycles. The van der Waals surface area contributed by atoms with Crippen LogP contribution in [0, 0.1) is 0 Å². The van der Waals surface area contributed by atoms with Crippen molar-refractivity contribution in [1.29, 1.82) is 0 Å². The van der Waals surface area contributed by atoms with Gasteiger partial charge in [-0.25, -0.2) is 4.98 Å². The van der Waals surface area contributed by atoms with E-state index in [-0.39, 0.29) is 0 Å². The molecule has 1 aromatic heterocycles. The number of thiocarbonyl (C=S) groups is 1. The molecule has 74 valence electrons. The summed E-state index contributed by atoms with van der Waals surface area (Å²) in [5.41, 5.74) is 6.29. The minimum Gasteiger partial charge on any atom is -0.389 e. The standard InChI is InChI=1S/C10H13N3S/c11-10(14)7-4-5-9(12-6-7)13-8-2-1-3-8/h4-6,8H,1-3H2,(H2,11,14)(H,12,13). The van der Waals surface area contributed by atoms with Gasteiger partial charge in [-0.2, -0.15) is 0 Å². The third kappa shape index (κ3) is 2.01. The van der Waals surface area contributed by atoms with E-state index in [0.29, 0.717) is 11.0 Å². The normalized spacial score (nSPS) is 16.0. The lowest BCUT2D eigenvalue weighted by atomic mass is 9.93. The largest absolute Gasteiger partial charge is 0.389 e. The van der Waals surface area contributed by atoms with Crippen molar-refractivity contribution in [1.82, 2.24) is 4.98 Å². The molecule has 1 aliphatic rings. The van der Waals surface area contributed by atoms with Crippen LogP contribution in [0.4, 0.5) is 5.82 Å². The average molecular weight is 207 g/mol. The van der Waals surface area contributed by atoms with Gasteiger partial charge in [0.1, 0.15) is 10.8 Å². The fraction of sp³-hybridized carbons (Fsp3) is 0.400. The summed E-state index contributed by atoms with van der Waals surface area (Å²) in [6.45, 7) is 0. The summed E-state index contributed by atoms with van der Waals surface area (Å²) in [4.78, 5) is 4.64. The highest BCUT2D eigenvalue weighted by Crippen LogP contribution is 2.22. The van der Waals surface area contributed by atoms with Crippen LogP contribution in [0.5, 0.6) is 0 Å². The monoisotopic (exact) mass is 207 g/mol. The molecule has 0 bridgehead atoms. The van der Waals surface area contributed by atoms with Crippen LogP contribution in [0.2, 0.25) is 0 Å². The fourth-order valence-corrected chi connectivity index (χ4v) is 1.51. The second-order valence-corrected chi connectivity index (χ2v) is 4.01. The maximum atomic E-state index is 5.47. The predicted octanol–water partition coefficient (Wildman–Crippen LogP) is 1.68. The van der Waals surface area contributed by atoms with Gasteiger partial charge in [-0.05, 0) is 31.4 Å². The van der Waals surface area contributed by atoms with E-state index >= 15 is 0 Å². The Kier molecular flexibility index (Phi) is 2.63. The summed E-state index contributed by atoms with van der Waals surface area (Å²) in [5, 5.41) is 3.35. The molecular weight excluding hydrogens is 194 g/mol. The minimum absolute atomic E-state index is 0.396. The lowest BCUT2D eigenvalue weighted by Gasteiger charge is -2.26. The lowest BCUT2D eigenvalue weighted by molar-refractivity contribution is 0.444. The van der Waals surface area contributed by atoms with Gasteiger partial charge in [-0.1, -0.05) is 12.2 Å². The maximum Gasteiger partial charge on any atom is 0.126 e. The fourth-order valence-electron chi connectivity index (χ4n) is 1.39. The van der Waals surface area contributed by atoms with Crippen LogP contribution in [-0.4, -0.2) is 16.0 Å². The van der Waals surface area contributed by atoms with Gasteiger partial charge in [-0.3, -0.25) is 0 Å². The molecular formula is C10H13N3S. The van der Waals surface area contributed by atoms with E-state index in [9.17, 15) is 0 Å². The Hall–Kier alpha value is -1.16. The van der Waals surface area contributed by atoms with Gasteiger partial charge in [0, 0.05) is 17.8 Å². The van der Waals surface area contributed by atoms with E-state index in [1.54, 1.807) is 6.20 Å². The van der Waals surface area contributed by atoms with Crippen molar-refractivity contribution in [3.05, 3.63) is 23.9 Å². The number of rotatable bonds is 3. The number of nitrogens with zero attached hydrogens (tertiary/aromatic N) is 1. The van der Waals surface area contributed by atoms with Crippen LogP contribution in [0.25, 0.3) is 0 Å². The van der Waals surface area contributed by atoms with E-state index in [2.05, 4.69) is 10.3 Å². The lowest BCUT2D eigenvalue weighted by Crippen LogP contribution is -2.27. The topological polar surface area (TPSA) is 50.9 Å². The summed E-state index contributed by atoms with van der Waals surface area (Å²) < 4.78 is 0. The zero-order valence-corrected chi connectivity index (χ0v) is 8.68. The van der Waals surface area contributed by atoms with Gasteiger partial charge in [0.25, 0.3) is 0 Å². The Balaban J connectivity index is 2.01. The summed E-state index contributed by atoms with van der Waals surface area (Å²) in [6.07, 6.45) is 5.53. The van der Waals surface area contributed by atoms with Crippen molar-refractivity contribution in [3.63, 3.8) is 0 Å². The Bertz CT molecular complexity index is 330. The smallest absolute Gasteiger partial charge is 0.126 e. The van der Waals surface area contributed by atoms with Gasteiger partial charge >= 0.3 is 0 Å². The van der Waals surface area contributed by atoms with Gasteiger partial charge < -0.3 is 11.1 Å². The first-order valence-electron chi connectivity index (χ1n) is 4.78. The number of pyridine rings is 1. The summed E-state index contributed by atoms with van der Waals surface area (Å²) in [7, 11) is 0. The Morgan fingerprint density at radius 1 is 1.50 bits per heavy atom. The maximum absolute atomic E-state index is 5.47. The molecule has 3 N–H and O–H groups in total. The number of nitrogens with one attached hydrogen (secondary N) is 1. The highest BCUT2D eigenvalue weighted by atomic mass is 32.1. The van der Waals surface area contributed by atoms with Crippen LogP contribution >= 0.6 is 12.2 Å². The zero-order chi connectivity index (χ0) is 9.97. The van der Waals surface area contributed by atoms with Gasteiger partial charge in [0.15, 0.2) is 0 Å². The van der Waals surface area contributed by atoms with Crippen LogP contribution in [0.3, 0.4) is 0 Å². The molecule has 3 nitrogen and oxygen atoms in total. The van der Waals surface area contributed by atoms with E-state index in [1.807, 2.05) is 12.1 Å². The van der Waals surface area contributed by atoms with Crippen LogP contribution in [0.15, 0.2) is 18.3 Å². The van der Waals surface area contributed by atoms with Gasteiger partial charge in [0.05, 0.1) is 0 Å². The van der Waals surface area contributed by atoms with E-state index in [1.165, 1.54) is 19.3 Å². The number of aromatic nitrogens is 1. The van der Waals surface area contributed by atoms with Crippen molar-refractivity contribution >= 4 is 23.0 Å². The second kappa shape index (κ2) is 3.92. The summed E-state index contributed by atoms with van der Waals surface area (Å²) in [6, 6.07) is 4.43. The third-order valence-electron chi connectivity index (χ3n) is 2.51. The molecule has 1 saturated carbocycles. The zero-order valence-electron chi connectivity index (χ0n) is 7.86. The Morgan fingerprint density at radius 3 is 2.71 bits per heavy atom. The molecule has 4 heteroatoms. The Morgan fingerprint density at radius 2 is 2.29 bits per heavy atom. The van der Waals surface area contributed by atoms with E-state index < -0.39 is 0 Å². The van der Waals surface area contributed by atoms with Gasteiger partial charge in [-0.15, -0.1) is 0 Å². The van der Waals surface area contributed by atoms with Crippen LogP contribution in [-0.2, 0) is 0 Å². The van der Waals surface area contributed by atoms with Crippen LogP contribution < -0.4 is 11.1 Å². The number of nitrogens with two attached hydrogens (primary N) is 1. The molecule has 0 saturated heterocycles. The van der Waals surface area contributed by atoms with Crippen molar-refractivity contribution in [2.45, 2.75) is 25.3 Å². The molecule has 1 aliphatic carbocycles. The molecule has 2 rings (SSSR count). The predicted molar refractivity (Wildman–Crippen MR) is 61.4 cm³/mol. The van der Waals surface area contributed by atoms with Crippen molar-refractivity contribution in [2.24, 2.45) is 5.73 Å². The first-order chi connectivity index (χ1) is 6.75. The molecule has 1 heterocycles. The molecule has 0 spiro atoms. The number of hydrogen-bond acceptors (Lipinski definition) is 3. The minimum atomic E-state index is 0.396. The first-order valence-corrected chi connectivity index (χ1v) is 5.19. The molecule has 0 atom stereocenters. The third-order valence-corrected chi connectivity index (χ3v) is 2.74. The number of hydrogen-bond donors (Lipinski definition) is 2. The quantitative estimate of drug-likeness (QED) is 0.740. The second-order valence-electron chi connectivity index (χ2n) is 3.57. The average Bonchev–Trinajstić information content (AvgIpc) is 2.12. The van der Waals surface area contributed by atoms with Crippen molar-refractivity contribution in [3.8, 4) is 0 Å². The van der Waals surface area contributed by atoms with Crippen molar-refractivity contribution < 1.29 is 0 Å². The molecule has 0 aromatic carbocycles. The summed E-state index contributed by atoms with van der Waals surface area (Å²) >= 11 is 4.84. The molecule has 1 fully saturated rings.